The lowest BCUT2D eigenvalue weighted by molar-refractivity contribution is 0.303. The highest BCUT2D eigenvalue weighted by Gasteiger charge is 2.32. The molecular formula is C21H27N7O4S3. The topological polar surface area (TPSA) is 146 Å². The van der Waals surface area contributed by atoms with Gasteiger partial charge in [-0.05, 0) is 17.5 Å². The molecule has 35 heavy (non-hydrogen) atoms. The largest absolute Gasteiger partial charge is 0.504 e. The Kier molecular flexibility index (Phi) is 6.99. The van der Waals surface area contributed by atoms with Gasteiger partial charge in [-0.15, -0.1) is 11.3 Å². The summed E-state index contributed by atoms with van der Waals surface area (Å²) in [4.78, 5) is 9.12. The molecule has 0 fully saturated rings. The van der Waals surface area contributed by atoms with Gasteiger partial charge in [-0.3, -0.25) is 0 Å². The Labute approximate surface area is 211 Å². The highest BCUT2D eigenvalue weighted by molar-refractivity contribution is 7.91. The lowest BCUT2D eigenvalue weighted by Crippen LogP contribution is -2.30. The molecule has 11 nitrogen and oxygen atoms in total. The highest BCUT2D eigenvalue weighted by atomic mass is 32.2. The first-order valence-electron chi connectivity index (χ1n) is 10.9. The van der Waals surface area contributed by atoms with Crippen LogP contribution in [0.2, 0.25) is 0 Å². The van der Waals surface area contributed by atoms with Crippen LogP contribution < -0.4 is 10.6 Å². The molecule has 3 N–H and O–H groups in total. The molecule has 0 aromatic carbocycles. The first kappa shape index (κ1) is 25.3. The van der Waals surface area contributed by atoms with Crippen LogP contribution in [0.1, 0.15) is 46.4 Å². The molecule has 0 unspecified atom stereocenters. The minimum absolute atomic E-state index is 0.134. The van der Waals surface area contributed by atoms with E-state index < -0.39 is 10.0 Å². The van der Waals surface area contributed by atoms with Crippen molar-refractivity contribution in [2.45, 2.75) is 44.9 Å². The minimum Gasteiger partial charge on any atom is -0.504 e. The Bertz CT molecular complexity index is 1400. The van der Waals surface area contributed by atoms with E-state index in [4.69, 9.17) is 4.42 Å². The van der Waals surface area contributed by atoms with Crippen molar-refractivity contribution in [2.24, 2.45) is 5.41 Å². The van der Waals surface area contributed by atoms with Gasteiger partial charge in [-0.25, -0.2) is 18.4 Å². The third-order valence-electron chi connectivity index (χ3n) is 5.35. The number of rotatable bonds is 9. The molecule has 4 aromatic heterocycles. The average Bonchev–Trinajstić information content (AvgIpc) is 3.54. The molecule has 0 bridgehead atoms. The summed E-state index contributed by atoms with van der Waals surface area (Å²) in [5, 5.41) is 18.8. The van der Waals surface area contributed by atoms with E-state index in [-0.39, 0.29) is 32.9 Å². The molecule has 0 radical (unpaired) electrons. The smallest absolute Gasteiger partial charge is 0.256 e. The van der Waals surface area contributed by atoms with E-state index in [0.717, 1.165) is 23.1 Å². The van der Waals surface area contributed by atoms with E-state index >= 15 is 0 Å². The van der Waals surface area contributed by atoms with Crippen molar-refractivity contribution in [1.29, 1.82) is 0 Å². The Balaban J connectivity index is 1.74. The second-order valence-electron chi connectivity index (χ2n) is 8.79. The van der Waals surface area contributed by atoms with Crippen LogP contribution in [0.5, 0.6) is 5.75 Å². The number of furan rings is 1. The quantitative estimate of drug-likeness (QED) is 0.272. The summed E-state index contributed by atoms with van der Waals surface area (Å²) in [7, 11) is -3.83. The van der Waals surface area contributed by atoms with Crippen molar-refractivity contribution in [3.05, 3.63) is 29.5 Å². The van der Waals surface area contributed by atoms with Crippen LogP contribution in [0.25, 0.3) is 11.3 Å². The van der Waals surface area contributed by atoms with E-state index in [1.165, 1.54) is 9.69 Å². The van der Waals surface area contributed by atoms with Crippen molar-refractivity contribution >= 4 is 61.7 Å². The maximum Gasteiger partial charge on any atom is 0.256 e. The molecule has 1 atom stereocenters. The number of hydrogen-bond acceptors (Lipinski definition) is 12. The van der Waals surface area contributed by atoms with Crippen molar-refractivity contribution in [2.75, 3.05) is 23.7 Å². The van der Waals surface area contributed by atoms with Crippen LogP contribution in [-0.4, -0.2) is 49.6 Å². The second-order valence-corrected chi connectivity index (χ2v) is 12.3. The molecule has 188 valence electrons. The van der Waals surface area contributed by atoms with Gasteiger partial charge in [0, 0.05) is 18.5 Å². The van der Waals surface area contributed by atoms with Gasteiger partial charge in [0.15, 0.2) is 21.6 Å². The van der Waals surface area contributed by atoms with Crippen molar-refractivity contribution in [3.8, 4) is 5.75 Å². The predicted molar refractivity (Wildman–Crippen MR) is 137 cm³/mol. The SMILES string of the molecule is CCN(CC)S(=O)(=O)c1scc(Nc2nc3nsnc3nc2N[C@@H](c2ccco2)C(C)(C)C)c1O. The van der Waals surface area contributed by atoms with Crippen LogP contribution in [-0.2, 0) is 10.0 Å². The van der Waals surface area contributed by atoms with E-state index in [0.29, 0.717) is 36.0 Å². The molecule has 4 heterocycles. The van der Waals surface area contributed by atoms with Crippen LogP contribution in [0.3, 0.4) is 0 Å². The van der Waals surface area contributed by atoms with E-state index in [1.54, 1.807) is 20.1 Å². The summed E-state index contributed by atoms with van der Waals surface area (Å²) in [5.41, 5.74) is 0.640. The van der Waals surface area contributed by atoms with Crippen LogP contribution >= 0.6 is 23.1 Å². The molecule has 0 aliphatic carbocycles. The Morgan fingerprint density at radius 1 is 1.14 bits per heavy atom. The first-order chi connectivity index (χ1) is 16.6. The monoisotopic (exact) mass is 537 g/mol. The van der Waals surface area contributed by atoms with Gasteiger partial charge in [0.05, 0.1) is 29.7 Å². The lowest BCUT2D eigenvalue weighted by atomic mass is 9.85. The number of nitrogens with zero attached hydrogens (tertiary/aromatic N) is 5. The van der Waals surface area contributed by atoms with Crippen LogP contribution in [0, 0.1) is 5.41 Å². The van der Waals surface area contributed by atoms with E-state index in [9.17, 15) is 13.5 Å². The van der Waals surface area contributed by atoms with Gasteiger partial charge in [-0.1, -0.05) is 34.6 Å². The summed E-state index contributed by atoms with van der Waals surface area (Å²) < 4.78 is 41.1. The molecule has 0 aliphatic heterocycles. The molecule has 14 heteroatoms. The molecular weight excluding hydrogens is 510 g/mol. The zero-order valence-electron chi connectivity index (χ0n) is 19.9. The van der Waals surface area contributed by atoms with Gasteiger partial charge < -0.3 is 20.2 Å². The first-order valence-corrected chi connectivity index (χ1v) is 14.0. The Morgan fingerprint density at radius 2 is 1.80 bits per heavy atom. The summed E-state index contributed by atoms with van der Waals surface area (Å²) in [6, 6.07) is 3.42. The molecule has 0 saturated heterocycles. The van der Waals surface area contributed by atoms with Gasteiger partial charge >= 0.3 is 0 Å². The summed E-state index contributed by atoms with van der Waals surface area (Å²) >= 11 is 1.92. The number of aromatic nitrogens is 4. The molecule has 0 saturated carbocycles. The second kappa shape index (κ2) is 9.68. The van der Waals surface area contributed by atoms with E-state index in [2.05, 4.69) is 50.1 Å². The van der Waals surface area contributed by atoms with Crippen LogP contribution in [0.4, 0.5) is 17.3 Å². The summed E-state index contributed by atoms with van der Waals surface area (Å²) in [6.07, 6.45) is 1.61. The normalized spacial score (nSPS) is 13.4. The van der Waals surface area contributed by atoms with Gasteiger partial charge in [0.25, 0.3) is 10.0 Å². The number of sulfonamides is 1. The lowest BCUT2D eigenvalue weighted by Gasteiger charge is -2.30. The standard InChI is InChI=1S/C21H27N7O4S3/c1-6-28(7-2)35(30,31)20-14(29)12(11-33-20)22-16-17(25-19-18(24-16)26-34-27-19)23-15(21(3,4)5)13-9-8-10-32-13/h8-11,15,29H,6-7H2,1-5H3,(H,22,24,26)(H,23,25,27)/t15-/m0/s1. The summed E-state index contributed by atoms with van der Waals surface area (Å²) in [5.74, 6) is 0.975. The maximum absolute atomic E-state index is 13.0. The number of fused-ring (bicyclic) bond motifs is 1. The molecule has 4 rings (SSSR count). The number of anilines is 3. The fourth-order valence-electron chi connectivity index (χ4n) is 3.55. The number of aromatic hydroxyl groups is 1. The number of hydrogen-bond donors (Lipinski definition) is 3. The van der Waals surface area contributed by atoms with Gasteiger partial charge in [0.2, 0.25) is 11.3 Å². The number of thiophene rings is 1. The fraction of sp³-hybridized carbons (Fsp3) is 0.429. The molecule has 4 aromatic rings. The van der Waals surface area contributed by atoms with Gasteiger partial charge in [0.1, 0.15) is 5.76 Å². The van der Waals surface area contributed by atoms with Crippen LogP contribution in [0.15, 0.2) is 32.4 Å². The van der Waals surface area contributed by atoms with Crippen molar-refractivity contribution < 1.29 is 17.9 Å². The Morgan fingerprint density at radius 3 is 2.37 bits per heavy atom. The van der Waals surface area contributed by atoms with Crippen molar-refractivity contribution in [3.63, 3.8) is 0 Å². The molecule has 0 amide bonds. The third-order valence-corrected chi connectivity index (χ3v) is 9.40. The fourth-order valence-corrected chi connectivity index (χ4v) is 6.82. The number of nitrogens with one attached hydrogen (secondary N) is 2. The van der Waals surface area contributed by atoms with Crippen molar-refractivity contribution in [1.82, 2.24) is 23.0 Å². The zero-order valence-corrected chi connectivity index (χ0v) is 22.4. The third kappa shape index (κ3) is 4.96. The summed E-state index contributed by atoms with van der Waals surface area (Å²) in [6.45, 7) is 10.3. The molecule has 0 spiro atoms. The predicted octanol–water partition coefficient (Wildman–Crippen LogP) is 4.81. The minimum atomic E-state index is -3.83. The maximum atomic E-state index is 13.0. The van der Waals surface area contributed by atoms with Gasteiger partial charge in [-0.2, -0.15) is 13.1 Å². The highest BCUT2D eigenvalue weighted by Crippen LogP contribution is 2.42. The molecule has 0 aliphatic rings. The Hall–Kier alpha value is -2.81. The average molecular weight is 538 g/mol. The zero-order chi connectivity index (χ0) is 25.4. The van der Waals surface area contributed by atoms with E-state index in [1.807, 2.05) is 12.1 Å².